The van der Waals surface area contributed by atoms with E-state index in [0.29, 0.717) is 26.3 Å². The van der Waals surface area contributed by atoms with Crippen LogP contribution >= 0.6 is 11.5 Å². The highest BCUT2D eigenvalue weighted by molar-refractivity contribution is 7.13. The lowest BCUT2D eigenvalue weighted by Crippen LogP contribution is -2.47. The van der Waals surface area contributed by atoms with Crippen molar-refractivity contribution >= 4 is 33.3 Å². The molecule has 0 radical (unpaired) electrons. The number of ether oxygens (including phenoxy) is 1. The largest absolute Gasteiger partial charge is 0.378 e. The molecule has 5 rings (SSSR count). The third-order valence-electron chi connectivity index (χ3n) is 5.98. The number of fused-ring (bicyclic) bond motifs is 2. The molecule has 3 aromatic rings. The molecule has 0 aliphatic carbocycles. The van der Waals surface area contributed by atoms with E-state index in [9.17, 15) is 4.79 Å². The third-order valence-corrected chi connectivity index (χ3v) is 6.80. The predicted octanol–water partition coefficient (Wildman–Crippen LogP) is 3.09. The Morgan fingerprint density at radius 1 is 0.933 bits per heavy atom. The molecule has 3 heterocycles. The second-order valence-corrected chi connectivity index (χ2v) is 8.63. The predicted molar refractivity (Wildman–Crippen MR) is 120 cm³/mol. The van der Waals surface area contributed by atoms with Crippen LogP contribution in [-0.4, -0.2) is 72.6 Å². The molecule has 30 heavy (non-hydrogen) atoms. The minimum atomic E-state index is 0.125. The van der Waals surface area contributed by atoms with Crippen LogP contribution in [-0.2, 0) is 11.3 Å². The zero-order valence-electron chi connectivity index (χ0n) is 17.0. The van der Waals surface area contributed by atoms with Gasteiger partial charge in [-0.05, 0) is 35.3 Å². The summed E-state index contributed by atoms with van der Waals surface area (Å²) in [5.41, 5.74) is 1.96. The molecule has 0 bridgehead atoms. The molecular weight excluding hydrogens is 396 g/mol. The molecule has 6 nitrogen and oxygen atoms in total. The van der Waals surface area contributed by atoms with Crippen molar-refractivity contribution in [1.29, 1.82) is 0 Å². The number of amides is 1. The molecule has 2 aliphatic heterocycles. The molecule has 2 aliphatic rings. The van der Waals surface area contributed by atoms with Crippen LogP contribution in [0.25, 0.3) is 10.1 Å². The molecule has 1 saturated heterocycles. The number of anilines is 1. The van der Waals surface area contributed by atoms with E-state index >= 15 is 0 Å². The van der Waals surface area contributed by atoms with Gasteiger partial charge in [-0.3, -0.25) is 9.69 Å². The summed E-state index contributed by atoms with van der Waals surface area (Å²) < 4.78 is 11.8. The standard InChI is InChI=1S/C23H26N4O2S/c28-23-19-6-2-1-5-18(19)17-27(23)14-16-29-15-13-25-9-11-26(12-10-25)22-20-7-3-4-8-21(20)30-24-22/h1-8H,9-17H2. The Labute approximate surface area is 180 Å². The molecule has 0 spiro atoms. The second kappa shape index (κ2) is 8.71. The molecule has 0 atom stereocenters. The average molecular weight is 423 g/mol. The smallest absolute Gasteiger partial charge is 0.254 e. The van der Waals surface area contributed by atoms with Gasteiger partial charge in [-0.1, -0.05) is 30.3 Å². The Balaban J connectivity index is 1.02. The van der Waals surface area contributed by atoms with Crippen molar-refractivity contribution in [1.82, 2.24) is 14.2 Å². The van der Waals surface area contributed by atoms with Gasteiger partial charge in [-0.15, -0.1) is 0 Å². The summed E-state index contributed by atoms with van der Waals surface area (Å²) >= 11 is 1.58. The van der Waals surface area contributed by atoms with Crippen LogP contribution in [0, 0.1) is 0 Å². The van der Waals surface area contributed by atoms with E-state index in [1.807, 2.05) is 29.2 Å². The number of rotatable bonds is 7. The lowest BCUT2D eigenvalue weighted by molar-refractivity contribution is 0.0615. The molecule has 7 heteroatoms. The highest BCUT2D eigenvalue weighted by Gasteiger charge is 2.26. The Kier molecular flexibility index (Phi) is 5.66. The number of nitrogens with zero attached hydrogens (tertiary/aromatic N) is 4. The summed E-state index contributed by atoms with van der Waals surface area (Å²) in [7, 11) is 0. The molecule has 1 aromatic heterocycles. The Hall–Kier alpha value is -2.48. The summed E-state index contributed by atoms with van der Waals surface area (Å²) in [6.07, 6.45) is 0. The Bertz CT molecular complexity index is 1030. The van der Waals surface area contributed by atoms with Crippen molar-refractivity contribution in [3.63, 3.8) is 0 Å². The van der Waals surface area contributed by atoms with E-state index in [2.05, 4.69) is 38.4 Å². The van der Waals surface area contributed by atoms with Gasteiger partial charge in [-0.25, -0.2) is 0 Å². The molecule has 1 fully saturated rings. The maximum Gasteiger partial charge on any atom is 0.254 e. The van der Waals surface area contributed by atoms with Crippen molar-refractivity contribution in [2.24, 2.45) is 0 Å². The van der Waals surface area contributed by atoms with Gasteiger partial charge >= 0.3 is 0 Å². The van der Waals surface area contributed by atoms with E-state index in [1.54, 1.807) is 11.5 Å². The van der Waals surface area contributed by atoms with E-state index in [0.717, 1.165) is 49.7 Å². The van der Waals surface area contributed by atoms with E-state index in [1.165, 1.54) is 10.1 Å². The summed E-state index contributed by atoms with van der Waals surface area (Å²) in [6, 6.07) is 16.3. The quantitative estimate of drug-likeness (QED) is 0.548. The minimum absolute atomic E-state index is 0.125. The molecule has 0 N–H and O–H groups in total. The van der Waals surface area contributed by atoms with Crippen LogP contribution in [0.5, 0.6) is 0 Å². The van der Waals surface area contributed by atoms with Crippen molar-refractivity contribution < 1.29 is 9.53 Å². The van der Waals surface area contributed by atoms with Crippen molar-refractivity contribution in [2.75, 3.05) is 57.4 Å². The maximum absolute atomic E-state index is 12.4. The van der Waals surface area contributed by atoms with Gasteiger partial charge in [0.1, 0.15) is 5.82 Å². The number of piperazine rings is 1. The van der Waals surface area contributed by atoms with Gasteiger partial charge < -0.3 is 14.5 Å². The first-order valence-electron chi connectivity index (χ1n) is 10.6. The first kappa shape index (κ1) is 19.5. The van der Waals surface area contributed by atoms with Crippen LogP contribution in [0.3, 0.4) is 0 Å². The monoisotopic (exact) mass is 422 g/mol. The summed E-state index contributed by atoms with van der Waals surface area (Å²) in [4.78, 5) is 19.1. The van der Waals surface area contributed by atoms with Gasteiger partial charge in [0.2, 0.25) is 0 Å². The zero-order chi connectivity index (χ0) is 20.3. The van der Waals surface area contributed by atoms with Crippen LogP contribution in [0.1, 0.15) is 15.9 Å². The summed E-state index contributed by atoms with van der Waals surface area (Å²) in [6.45, 7) is 7.61. The zero-order valence-corrected chi connectivity index (χ0v) is 17.8. The van der Waals surface area contributed by atoms with Crippen LogP contribution in [0.4, 0.5) is 5.82 Å². The third kappa shape index (κ3) is 3.93. The molecule has 156 valence electrons. The Morgan fingerprint density at radius 3 is 2.57 bits per heavy atom. The van der Waals surface area contributed by atoms with Gasteiger partial charge in [0.15, 0.2) is 0 Å². The van der Waals surface area contributed by atoms with E-state index < -0.39 is 0 Å². The summed E-state index contributed by atoms with van der Waals surface area (Å²) in [5, 5.41) is 1.26. The molecular formula is C23H26N4O2S. The first-order valence-corrected chi connectivity index (χ1v) is 11.3. The normalized spacial score (nSPS) is 17.1. The SMILES string of the molecule is O=C1c2ccccc2CN1CCOCCN1CCN(c2nsc3ccccc23)CC1. The fraction of sp³-hybridized carbons (Fsp3) is 0.391. The first-order chi connectivity index (χ1) is 14.8. The van der Waals surface area contributed by atoms with E-state index in [4.69, 9.17) is 4.74 Å². The lowest BCUT2D eigenvalue weighted by Gasteiger charge is -2.35. The van der Waals surface area contributed by atoms with Gasteiger partial charge in [-0.2, -0.15) is 4.37 Å². The highest BCUT2D eigenvalue weighted by Crippen LogP contribution is 2.29. The molecule has 2 aromatic carbocycles. The number of carbonyl (C=O) groups is 1. The summed E-state index contributed by atoms with van der Waals surface area (Å²) in [5.74, 6) is 1.25. The van der Waals surface area contributed by atoms with Crippen LogP contribution < -0.4 is 4.90 Å². The van der Waals surface area contributed by atoms with Gasteiger partial charge in [0, 0.05) is 56.8 Å². The number of carbonyl (C=O) groups excluding carboxylic acids is 1. The Morgan fingerprint density at radius 2 is 1.70 bits per heavy atom. The number of aromatic nitrogens is 1. The average Bonchev–Trinajstić information content (AvgIpc) is 3.36. The van der Waals surface area contributed by atoms with E-state index in [-0.39, 0.29) is 5.91 Å². The lowest BCUT2D eigenvalue weighted by atomic mass is 10.1. The fourth-order valence-corrected chi connectivity index (χ4v) is 5.05. The number of hydrogen-bond donors (Lipinski definition) is 0. The van der Waals surface area contributed by atoms with Gasteiger partial charge in [0.25, 0.3) is 5.91 Å². The van der Waals surface area contributed by atoms with Crippen molar-refractivity contribution in [3.8, 4) is 0 Å². The minimum Gasteiger partial charge on any atom is -0.378 e. The number of benzene rings is 2. The topological polar surface area (TPSA) is 48.9 Å². The van der Waals surface area contributed by atoms with Crippen molar-refractivity contribution in [2.45, 2.75) is 6.54 Å². The number of hydrogen-bond acceptors (Lipinski definition) is 6. The molecule has 0 unspecified atom stereocenters. The van der Waals surface area contributed by atoms with Crippen molar-refractivity contribution in [3.05, 3.63) is 59.7 Å². The van der Waals surface area contributed by atoms with Crippen LogP contribution in [0.2, 0.25) is 0 Å². The molecule has 0 saturated carbocycles. The van der Waals surface area contributed by atoms with Crippen LogP contribution in [0.15, 0.2) is 48.5 Å². The fourth-order valence-electron chi connectivity index (χ4n) is 4.25. The second-order valence-electron chi connectivity index (χ2n) is 7.83. The maximum atomic E-state index is 12.4. The molecule has 1 amide bonds. The van der Waals surface area contributed by atoms with Gasteiger partial charge in [0.05, 0.1) is 17.9 Å². The highest BCUT2D eigenvalue weighted by atomic mass is 32.1.